The Bertz CT molecular complexity index is 494. The maximum Gasteiger partial charge on any atom is 0.235 e. The molecule has 0 aliphatic rings. The van der Waals surface area contributed by atoms with E-state index in [9.17, 15) is 4.79 Å². The smallest absolute Gasteiger partial charge is 0.235 e. The van der Waals surface area contributed by atoms with Crippen LogP contribution in [-0.4, -0.2) is 17.0 Å². The van der Waals surface area contributed by atoms with Crippen LogP contribution in [-0.2, 0) is 4.79 Å². The first-order valence-corrected chi connectivity index (χ1v) is 7.18. The number of nitrogens with zero attached hydrogens (tertiary/aromatic N) is 1. The van der Waals surface area contributed by atoms with Crippen LogP contribution in [0.3, 0.4) is 0 Å². The van der Waals surface area contributed by atoms with Gasteiger partial charge in [-0.2, -0.15) is 0 Å². The first-order valence-electron chi connectivity index (χ1n) is 5.73. The minimum Gasteiger partial charge on any atom is -0.409 e. The summed E-state index contributed by atoms with van der Waals surface area (Å²) in [5.41, 5.74) is 6.04. The van der Waals surface area contributed by atoms with E-state index in [-0.39, 0.29) is 11.7 Å². The van der Waals surface area contributed by atoms with E-state index in [0.29, 0.717) is 17.1 Å². The zero-order chi connectivity index (χ0) is 14.4. The van der Waals surface area contributed by atoms with E-state index in [0.717, 1.165) is 9.99 Å². The Balaban J connectivity index is 2.87. The van der Waals surface area contributed by atoms with Gasteiger partial charge in [-0.3, -0.25) is 4.79 Å². The standard InChI is InChI=1S/C12H15ClIN3O2/c1-2-3-8(11(15)17-19)12(18)16-10-5-4-7(14)6-9(10)13/h4-6,8,19H,2-3H2,1H3,(H2,15,17)(H,16,18). The van der Waals surface area contributed by atoms with Crippen LogP contribution < -0.4 is 11.1 Å². The molecule has 0 radical (unpaired) electrons. The third-order valence-corrected chi connectivity index (χ3v) is 3.54. The average Bonchev–Trinajstić information content (AvgIpc) is 2.38. The second-order valence-corrected chi connectivity index (χ2v) is 5.63. The molecule has 5 nitrogen and oxygen atoms in total. The highest BCUT2D eigenvalue weighted by Gasteiger charge is 2.22. The van der Waals surface area contributed by atoms with Gasteiger partial charge in [-0.25, -0.2) is 0 Å². The van der Waals surface area contributed by atoms with Gasteiger partial charge >= 0.3 is 0 Å². The number of amides is 1. The van der Waals surface area contributed by atoms with Gasteiger partial charge in [0.1, 0.15) is 0 Å². The minimum atomic E-state index is -0.662. The zero-order valence-corrected chi connectivity index (χ0v) is 13.3. The molecule has 0 bridgehead atoms. The van der Waals surface area contributed by atoms with Crippen LogP contribution in [0.15, 0.2) is 23.4 Å². The van der Waals surface area contributed by atoms with Gasteiger partial charge in [0.25, 0.3) is 0 Å². The highest BCUT2D eigenvalue weighted by atomic mass is 127. The molecule has 1 atom stereocenters. The number of hydrogen-bond acceptors (Lipinski definition) is 3. The topological polar surface area (TPSA) is 87.7 Å². The molecule has 1 aromatic carbocycles. The number of nitrogens with one attached hydrogen (secondary N) is 1. The van der Waals surface area contributed by atoms with Crippen molar-refractivity contribution in [2.24, 2.45) is 16.8 Å². The van der Waals surface area contributed by atoms with Gasteiger partial charge in [-0.15, -0.1) is 0 Å². The number of rotatable bonds is 5. The monoisotopic (exact) mass is 395 g/mol. The first-order chi connectivity index (χ1) is 8.99. The van der Waals surface area contributed by atoms with E-state index in [1.807, 2.05) is 13.0 Å². The highest BCUT2D eigenvalue weighted by Crippen LogP contribution is 2.24. The molecule has 0 heterocycles. The summed E-state index contributed by atoms with van der Waals surface area (Å²) >= 11 is 8.17. The van der Waals surface area contributed by atoms with Gasteiger partial charge in [0, 0.05) is 3.57 Å². The number of carbonyl (C=O) groups is 1. The largest absolute Gasteiger partial charge is 0.409 e. The van der Waals surface area contributed by atoms with E-state index in [2.05, 4.69) is 33.1 Å². The van der Waals surface area contributed by atoms with Crippen LogP contribution in [0.4, 0.5) is 5.69 Å². The molecule has 1 rings (SSSR count). The summed E-state index contributed by atoms with van der Waals surface area (Å²) in [6.07, 6.45) is 1.25. The van der Waals surface area contributed by atoms with E-state index in [1.54, 1.807) is 12.1 Å². The molecule has 7 heteroatoms. The number of hydrogen-bond donors (Lipinski definition) is 3. The summed E-state index contributed by atoms with van der Waals surface area (Å²) in [7, 11) is 0. The molecule has 4 N–H and O–H groups in total. The van der Waals surface area contributed by atoms with E-state index in [1.165, 1.54) is 0 Å². The molecule has 0 saturated carbocycles. The molecular weight excluding hydrogens is 381 g/mol. The van der Waals surface area contributed by atoms with Crippen molar-refractivity contribution in [2.45, 2.75) is 19.8 Å². The number of carbonyl (C=O) groups excluding carboxylic acids is 1. The van der Waals surface area contributed by atoms with Crippen molar-refractivity contribution in [1.29, 1.82) is 0 Å². The van der Waals surface area contributed by atoms with Crippen LogP contribution in [0.25, 0.3) is 0 Å². The average molecular weight is 396 g/mol. The summed E-state index contributed by atoms with van der Waals surface area (Å²) in [6.45, 7) is 1.92. The summed E-state index contributed by atoms with van der Waals surface area (Å²) in [5, 5.41) is 14.7. The number of benzene rings is 1. The Labute approximate surface area is 130 Å². The van der Waals surface area contributed by atoms with Gasteiger partial charge in [-0.05, 0) is 47.2 Å². The van der Waals surface area contributed by atoms with Crippen LogP contribution in [0.5, 0.6) is 0 Å². The summed E-state index contributed by atoms with van der Waals surface area (Å²) in [4.78, 5) is 12.1. The number of anilines is 1. The van der Waals surface area contributed by atoms with Crippen molar-refractivity contribution in [2.75, 3.05) is 5.32 Å². The highest BCUT2D eigenvalue weighted by molar-refractivity contribution is 14.1. The lowest BCUT2D eigenvalue weighted by Gasteiger charge is -2.15. The minimum absolute atomic E-state index is 0.0963. The molecule has 104 valence electrons. The van der Waals surface area contributed by atoms with Crippen LogP contribution in [0, 0.1) is 9.49 Å². The molecule has 19 heavy (non-hydrogen) atoms. The van der Waals surface area contributed by atoms with Crippen LogP contribution in [0.1, 0.15) is 19.8 Å². The summed E-state index contributed by atoms with van der Waals surface area (Å²) < 4.78 is 0.974. The predicted molar refractivity (Wildman–Crippen MR) is 84.6 cm³/mol. The molecule has 0 aliphatic heterocycles. The first kappa shape index (κ1) is 16.0. The SMILES string of the molecule is CCCC(C(=O)Nc1ccc(I)cc1Cl)/C(N)=N/O. The maximum absolute atomic E-state index is 12.1. The Kier molecular flexibility index (Phi) is 6.36. The third-order valence-electron chi connectivity index (χ3n) is 2.56. The van der Waals surface area contributed by atoms with Crippen molar-refractivity contribution in [3.05, 3.63) is 26.8 Å². The van der Waals surface area contributed by atoms with Crippen molar-refractivity contribution in [3.63, 3.8) is 0 Å². The maximum atomic E-state index is 12.1. The Hall–Kier alpha value is -1.02. The lowest BCUT2D eigenvalue weighted by molar-refractivity contribution is -0.118. The zero-order valence-electron chi connectivity index (χ0n) is 10.4. The molecule has 0 saturated heterocycles. The third kappa shape index (κ3) is 4.54. The van der Waals surface area contributed by atoms with Crippen molar-refractivity contribution < 1.29 is 10.0 Å². The Morgan fingerprint density at radius 2 is 2.32 bits per heavy atom. The summed E-state index contributed by atoms with van der Waals surface area (Å²) in [5.74, 6) is -1.09. The quantitative estimate of drug-likeness (QED) is 0.235. The predicted octanol–water partition coefficient (Wildman–Crippen LogP) is 3.05. The van der Waals surface area contributed by atoms with Crippen LogP contribution >= 0.6 is 34.2 Å². The van der Waals surface area contributed by atoms with E-state index < -0.39 is 5.92 Å². The van der Waals surface area contributed by atoms with E-state index in [4.69, 9.17) is 22.5 Å². The fourth-order valence-electron chi connectivity index (χ4n) is 1.58. The van der Waals surface area contributed by atoms with Crippen molar-refractivity contribution >= 4 is 51.6 Å². The molecule has 0 spiro atoms. The fourth-order valence-corrected chi connectivity index (χ4v) is 2.49. The number of amidine groups is 1. The molecule has 0 aromatic heterocycles. The lowest BCUT2D eigenvalue weighted by atomic mass is 10.0. The fraction of sp³-hybridized carbons (Fsp3) is 0.333. The number of oxime groups is 1. The number of nitrogens with two attached hydrogens (primary N) is 1. The second kappa shape index (κ2) is 7.54. The van der Waals surface area contributed by atoms with Gasteiger partial charge in [-0.1, -0.05) is 30.1 Å². The summed E-state index contributed by atoms with van der Waals surface area (Å²) in [6, 6.07) is 5.30. The molecule has 1 aromatic rings. The lowest BCUT2D eigenvalue weighted by Crippen LogP contribution is -2.34. The number of halogens is 2. The molecule has 1 unspecified atom stereocenters. The van der Waals surface area contributed by atoms with E-state index >= 15 is 0 Å². The van der Waals surface area contributed by atoms with Gasteiger partial charge in [0.05, 0.1) is 16.6 Å². The second-order valence-electron chi connectivity index (χ2n) is 3.98. The Morgan fingerprint density at radius 1 is 1.63 bits per heavy atom. The van der Waals surface area contributed by atoms with Gasteiger partial charge < -0.3 is 16.3 Å². The van der Waals surface area contributed by atoms with Gasteiger partial charge in [0.15, 0.2) is 5.84 Å². The van der Waals surface area contributed by atoms with Crippen LogP contribution in [0.2, 0.25) is 5.02 Å². The molecule has 0 aliphatic carbocycles. The van der Waals surface area contributed by atoms with Gasteiger partial charge in [0.2, 0.25) is 5.91 Å². The van der Waals surface area contributed by atoms with Crippen molar-refractivity contribution in [1.82, 2.24) is 0 Å². The molecule has 1 amide bonds. The molecule has 0 fully saturated rings. The normalized spacial score (nSPS) is 13.1. The molecular formula is C12H15ClIN3O2. The van der Waals surface area contributed by atoms with Crippen molar-refractivity contribution in [3.8, 4) is 0 Å². The Morgan fingerprint density at radius 3 is 2.84 bits per heavy atom.